The summed E-state index contributed by atoms with van der Waals surface area (Å²) in [5.74, 6) is 0. The van der Waals surface area contributed by atoms with Crippen LogP contribution in [-0.2, 0) is 6.42 Å². The highest BCUT2D eigenvalue weighted by atomic mass is 16.3. The van der Waals surface area contributed by atoms with Gasteiger partial charge in [0.05, 0.1) is 6.10 Å². The van der Waals surface area contributed by atoms with Crippen LogP contribution in [0, 0.1) is 0 Å². The molecule has 2 aromatic rings. The molecule has 1 aromatic heterocycles. The second-order valence-corrected chi connectivity index (χ2v) is 6.93. The molecule has 3 rings (SSSR count). The summed E-state index contributed by atoms with van der Waals surface area (Å²) >= 11 is 0. The van der Waals surface area contributed by atoms with Crippen molar-refractivity contribution < 1.29 is 5.11 Å². The lowest BCUT2D eigenvalue weighted by Crippen LogP contribution is -2.21. The Hall–Kier alpha value is -1.32. The SMILES string of the molecule is CCCCCC(O)c1ccc2[nH]cc(CCN3CCCC3)c2c1. The van der Waals surface area contributed by atoms with Gasteiger partial charge in [0, 0.05) is 23.6 Å². The van der Waals surface area contributed by atoms with Crippen molar-refractivity contribution in [2.45, 2.75) is 58.0 Å². The van der Waals surface area contributed by atoms with Crippen LogP contribution in [0.3, 0.4) is 0 Å². The maximum absolute atomic E-state index is 10.4. The van der Waals surface area contributed by atoms with E-state index < -0.39 is 0 Å². The van der Waals surface area contributed by atoms with E-state index in [1.165, 1.54) is 55.2 Å². The van der Waals surface area contributed by atoms with Gasteiger partial charge in [-0.2, -0.15) is 0 Å². The molecule has 1 fully saturated rings. The standard InChI is InChI=1S/C20H30N2O/c1-2-3-4-7-20(23)16-8-9-19-18(14-16)17(15-21-19)10-13-22-11-5-6-12-22/h8-9,14-15,20-21,23H,2-7,10-13H2,1H3. The van der Waals surface area contributed by atoms with E-state index in [1.807, 2.05) is 0 Å². The van der Waals surface area contributed by atoms with Gasteiger partial charge in [0.2, 0.25) is 0 Å². The highest BCUT2D eigenvalue weighted by molar-refractivity contribution is 5.84. The first-order chi connectivity index (χ1) is 11.3. The van der Waals surface area contributed by atoms with Gasteiger partial charge < -0.3 is 15.0 Å². The summed E-state index contributed by atoms with van der Waals surface area (Å²) in [5.41, 5.74) is 3.64. The van der Waals surface area contributed by atoms with E-state index in [0.29, 0.717) is 0 Å². The van der Waals surface area contributed by atoms with Crippen molar-refractivity contribution in [3.05, 3.63) is 35.5 Å². The Labute approximate surface area is 139 Å². The minimum absolute atomic E-state index is 0.327. The molecule has 1 aliphatic heterocycles. The van der Waals surface area contributed by atoms with Gasteiger partial charge in [-0.3, -0.25) is 0 Å². The predicted molar refractivity (Wildman–Crippen MR) is 96.8 cm³/mol. The third kappa shape index (κ3) is 4.15. The van der Waals surface area contributed by atoms with Gasteiger partial charge in [-0.15, -0.1) is 0 Å². The largest absolute Gasteiger partial charge is 0.388 e. The van der Waals surface area contributed by atoms with Gasteiger partial charge in [-0.05, 0) is 62.0 Å². The molecule has 0 aliphatic carbocycles. The number of H-pyrrole nitrogens is 1. The maximum atomic E-state index is 10.4. The van der Waals surface area contributed by atoms with Crippen molar-refractivity contribution in [2.75, 3.05) is 19.6 Å². The summed E-state index contributed by atoms with van der Waals surface area (Å²) in [6.45, 7) is 5.86. The zero-order chi connectivity index (χ0) is 16.1. The minimum Gasteiger partial charge on any atom is -0.388 e. The number of likely N-dealkylation sites (tertiary alicyclic amines) is 1. The summed E-state index contributed by atoms with van der Waals surface area (Å²) in [7, 11) is 0. The lowest BCUT2D eigenvalue weighted by molar-refractivity contribution is 0.164. The number of hydrogen-bond acceptors (Lipinski definition) is 2. The van der Waals surface area contributed by atoms with Gasteiger partial charge in [0.15, 0.2) is 0 Å². The third-order valence-corrected chi connectivity index (χ3v) is 5.15. The Morgan fingerprint density at radius 3 is 2.83 bits per heavy atom. The minimum atomic E-state index is -0.327. The molecule has 1 atom stereocenters. The molecule has 3 heteroatoms. The second-order valence-electron chi connectivity index (χ2n) is 6.93. The molecule has 1 aromatic carbocycles. The third-order valence-electron chi connectivity index (χ3n) is 5.15. The molecule has 1 unspecified atom stereocenters. The zero-order valence-electron chi connectivity index (χ0n) is 14.4. The van der Waals surface area contributed by atoms with Gasteiger partial charge >= 0.3 is 0 Å². The van der Waals surface area contributed by atoms with Crippen LogP contribution in [0.5, 0.6) is 0 Å². The van der Waals surface area contributed by atoms with E-state index in [1.54, 1.807) is 0 Å². The smallest absolute Gasteiger partial charge is 0.0790 e. The number of rotatable bonds is 8. The van der Waals surface area contributed by atoms with E-state index in [4.69, 9.17) is 0 Å². The Kier molecular flexibility index (Phi) is 5.74. The molecule has 2 heterocycles. The van der Waals surface area contributed by atoms with Crippen molar-refractivity contribution in [2.24, 2.45) is 0 Å². The number of unbranched alkanes of at least 4 members (excludes halogenated alkanes) is 2. The van der Waals surface area contributed by atoms with E-state index in [-0.39, 0.29) is 6.10 Å². The predicted octanol–water partition coefficient (Wildman–Crippen LogP) is 4.42. The molecule has 1 saturated heterocycles. The highest BCUT2D eigenvalue weighted by Gasteiger charge is 2.14. The summed E-state index contributed by atoms with van der Waals surface area (Å²) in [4.78, 5) is 5.94. The highest BCUT2D eigenvalue weighted by Crippen LogP contribution is 2.26. The lowest BCUT2D eigenvalue weighted by Gasteiger charge is -2.14. The van der Waals surface area contributed by atoms with Crippen molar-refractivity contribution in [1.82, 2.24) is 9.88 Å². The molecule has 126 valence electrons. The second kappa shape index (κ2) is 7.98. The number of fused-ring (bicyclic) bond motifs is 1. The van der Waals surface area contributed by atoms with Crippen LogP contribution >= 0.6 is 0 Å². The topological polar surface area (TPSA) is 39.3 Å². The van der Waals surface area contributed by atoms with Crippen LogP contribution in [0.15, 0.2) is 24.4 Å². The maximum Gasteiger partial charge on any atom is 0.0790 e. The fourth-order valence-electron chi connectivity index (χ4n) is 3.65. The van der Waals surface area contributed by atoms with Crippen molar-refractivity contribution in [3.63, 3.8) is 0 Å². The number of aliphatic hydroxyl groups is 1. The van der Waals surface area contributed by atoms with Gasteiger partial charge in [0.25, 0.3) is 0 Å². The van der Waals surface area contributed by atoms with Gasteiger partial charge in [0.1, 0.15) is 0 Å². The van der Waals surface area contributed by atoms with E-state index in [9.17, 15) is 5.11 Å². The van der Waals surface area contributed by atoms with Crippen molar-refractivity contribution in [3.8, 4) is 0 Å². The zero-order valence-corrected chi connectivity index (χ0v) is 14.4. The average Bonchev–Trinajstić information content (AvgIpc) is 3.22. The van der Waals surface area contributed by atoms with Crippen LogP contribution in [0.4, 0.5) is 0 Å². The van der Waals surface area contributed by atoms with Crippen LogP contribution in [0.2, 0.25) is 0 Å². The first-order valence-electron chi connectivity index (χ1n) is 9.28. The number of nitrogens with zero attached hydrogens (tertiary/aromatic N) is 1. The van der Waals surface area contributed by atoms with E-state index >= 15 is 0 Å². The number of benzene rings is 1. The quantitative estimate of drug-likeness (QED) is 0.708. The lowest BCUT2D eigenvalue weighted by atomic mass is 10.00. The number of aromatic amines is 1. The Balaban J connectivity index is 1.68. The molecule has 0 amide bonds. The van der Waals surface area contributed by atoms with Gasteiger partial charge in [-0.1, -0.05) is 32.3 Å². The number of hydrogen-bond donors (Lipinski definition) is 2. The fourth-order valence-corrected chi connectivity index (χ4v) is 3.65. The van der Waals surface area contributed by atoms with Crippen LogP contribution in [0.25, 0.3) is 10.9 Å². The number of aliphatic hydroxyl groups excluding tert-OH is 1. The first-order valence-corrected chi connectivity index (χ1v) is 9.28. The molecule has 1 aliphatic rings. The molecular weight excluding hydrogens is 284 g/mol. The molecule has 0 spiro atoms. The Bertz CT molecular complexity index is 613. The molecule has 0 saturated carbocycles. The molecule has 0 radical (unpaired) electrons. The monoisotopic (exact) mass is 314 g/mol. The normalized spacial score (nSPS) is 17.1. The molecule has 23 heavy (non-hydrogen) atoms. The average molecular weight is 314 g/mol. The Morgan fingerprint density at radius 1 is 1.22 bits per heavy atom. The fraction of sp³-hybridized carbons (Fsp3) is 0.600. The Morgan fingerprint density at radius 2 is 2.04 bits per heavy atom. The van der Waals surface area contributed by atoms with Crippen LogP contribution in [-0.4, -0.2) is 34.6 Å². The molecule has 2 N–H and O–H groups in total. The molecule has 0 bridgehead atoms. The van der Waals surface area contributed by atoms with Crippen LogP contribution in [0.1, 0.15) is 62.7 Å². The van der Waals surface area contributed by atoms with Crippen LogP contribution < -0.4 is 0 Å². The number of nitrogens with one attached hydrogen (secondary N) is 1. The van der Waals surface area contributed by atoms with E-state index in [0.717, 1.165) is 31.4 Å². The van der Waals surface area contributed by atoms with E-state index in [2.05, 4.69) is 41.2 Å². The van der Waals surface area contributed by atoms with Gasteiger partial charge in [-0.25, -0.2) is 0 Å². The number of aromatic nitrogens is 1. The first kappa shape index (κ1) is 16.5. The van der Waals surface area contributed by atoms with Crippen molar-refractivity contribution in [1.29, 1.82) is 0 Å². The molecular formula is C20H30N2O. The summed E-state index contributed by atoms with van der Waals surface area (Å²) in [6.07, 6.45) is 9.98. The van der Waals surface area contributed by atoms with Crippen molar-refractivity contribution >= 4 is 10.9 Å². The summed E-state index contributed by atoms with van der Waals surface area (Å²) < 4.78 is 0. The summed E-state index contributed by atoms with van der Waals surface area (Å²) in [5, 5.41) is 11.7. The summed E-state index contributed by atoms with van der Waals surface area (Å²) in [6, 6.07) is 6.38. The molecule has 3 nitrogen and oxygen atoms in total.